The first kappa shape index (κ1) is 20.9. The lowest BCUT2D eigenvalue weighted by molar-refractivity contribution is -0.179. The van der Waals surface area contributed by atoms with Gasteiger partial charge in [-0.3, -0.25) is 19.4 Å². The van der Waals surface area contributed by atoms with Crippen molar-refractivity contribution in [3.8, 4) is 0 Å². The maximum Gasteiger partial charge on any atom is 0.332 e. The maximum absolute atomic E-state index is 13.6. The van der Waals surface area contributed by atoms with Gasteiger partial charge in [0, 0.05) is 9.75 Å². The van der Waals surface area contributed by atoms with Crippen LogP contribution in [0.2, 0.25) is 0 Å². The number of piperazine rings is 1. The fourth-order valence-corrected chi connectivity index (χ4v) is 6.20. The number of aliphatic hydroxyl groups is 1. The molecular formula is C20H21N5O5S2. The number of hydrogen-bond acceptors (Lipinski definition) is 7. The molecule has 3 aliphatic rings. The van der Waals surface area contributed by atoms with Crippen LogP contribution in [0.15, 0.2) is 35.0 Å². The van der Waals surface area contributed by atoms with Crippen LogP contribution < -0.4 is 5.73 Å². The van der Waals surface area contributed by atoms with Gasteiger partial charge in [0.25, 0.3) is 5.91 Å². The highest BCUT2D eigenvalue weighted by Gasteiger charge is 2.60. The number of fused-ring (bicyclic) bond motifs is 3. The van der Waals surface area contributed by atoms with Crippen molar-refractivity contribution in [1.29, 1.82) is 0 Å². The summed E-state index contributed by atoms with van der Waals surface area (Å²) in [5.74, 6) is -1.42. The second-order valence-electron chi connectivity index (χ2n) is 7.94. The fourth-order valence-electron chi connectivity index (χ4n) is 4.80. The SMILES string of the molecule is NC(=O)C1CCC2C3N(Cc4cccs4)C(=O)N(Cc4cccs4)C(=O)N3C(O)C(=O)N12. The summed E-state index contributed by atoms with van der Waals surface area (Å²) in [5, 5.41) is 14.6. The first-order chi connectivity index (χ1) is 15.4. The lowest BCUT2D eigenvalue weighted by Gasteiger charge is -2.55. The van der Waals surface area contributed by atoms with Crippen LogP contribution in [0.1, 0.15) is 22.6 Å². The number of carbonyl (C=O) groups excluding carboxylic acids is 4. The Kier molecular flexibility index (Phi) is 5.14. The number of imide groups is 1. The second kappa shape index (κ2) is 7.87. The molecule has 0 saturated carbocycles. The van der Waals surface area contributed by atoms with Crippen molar-refractivity contribution in [3.05, 3.63) is 44.8 Å². The Bertz CT molecular complexity index is 1060. The van der Waals surface area contributed by atoms with Crippen molar-refractivity contribution in [2.75, 3.05) is 0 Å². The van der Waals surface area contributed by atoms with Crippen LogP contribution in [0.25, 0.3) is 0 Å². The first-order valence-corrected chi connectivity index (χ1v) is 11.9. The fraction of sp³-hybridized carbons (Fsp3) is 0.400. The number of primary amides is 1. The number of amides is 6. The van der Waals surface area contributed by atoms with E-state index in [1.165, 1.54) is 32.5 Å². The molecule has 2 aromatic heterocycles. The molecule has 0 aliphatic carbocycles. The number of thiophene rings is 2. The summed E-state index contributed by atoms with van der Waals surface area (Å²) >= 11 is 2.87. The number of nitrogens with two attached hydrogens (primary N) is 1. The van der Waals surface area contributed by atoms with Crippen molar-refractivity contribution in [2.24, 2.45) is 5.73 Å². The lowest BCUT2D eigenvalue weighted by Crippen LogP contribution is -2.78. The number of urea groups is 2. The lowest BCUT2D eigenvalue weighted by atomic mass is 10.0. The molecule has 4 unspecified atom stereocenters. The summed E-state index contributed by atoms with van der Waals surface area (Å²) in [7, 11) is 0. The molecule has 6 amide bonds. The molecule has 2 aromatic rings. The zero-order valence-corrected chi connectivity index (χ0v) is 18.5. The molecule has 12 heteroatoms. The van der Waals surface area contributed by atoms with Crippen LogP contribution in [-0.2, 0) is 22.7 Å². The molecule has 3 fully saturated rings. The van der Waals surface area contributed by atoms with E-state index in [2.05, 4.69) is 0 Å². The van der Waals surface area contributed by atoms with Gasteiger partial charge in [0.1, 0.15) is 12.2 Å². The molecule has 3 N–H and O–H groups in total. The molecule has 0 aromatic carbocycles. The highest BCUT2D eigenvalue weighted by molar-refractivity contribution is 7.10. The van der Waals surface area contributed by atoms with E-state index >= 15 is 0 Å². The summed E-state index contributed by atoms with van der Waals surface area (Å²) in [6.07, 6.45) is -2.00. The van der Waals surface area contributed by atoms with Gasteiger partial charge >= 0.3 is 12.1 Å². The van der Waals surface area contributed by atoms with E-state index in [9.17, 15) is 24.3 Å². The summed E-state index contributed by atoms with van der Waals surface area (Å²) in [6.45, 7) is 0.247. The number of carbonyl (C=O) groups is 4. The van der Waals surface area contributed by atoms with Crippen molar-refractivity contribution in [2.45, 2.75) is 50.4 Å². The number of rotatable bonds is 5. The molecule has 0 spiro atoms. The standard InChI is InChI=1S/C20H21N5O5S2/c21-15(26)13-5-6-14-16-22(9-11-3-1-7-31-11)19(29)23(10-12-4-2-8-32-12)20(30)25(16)18(28)17(27)24(13)14/h1-4,7-8,13-14,16,18,28H,5-6,9-10H2,(H2,21,26). The Morgan fingerprint density at radius 2 is 1.66 bits per heavy atom. The highest BCUT2D eigenvalue weighted by Crippen LogP contribution is 2.39. The molecule has 5 heterocycles. The number of hydrogen-bond donors (Lipinski definition) is 2. The third kappa shape index (κ3) is 3.17. The van der Waals surface area contributed by atoms with Gasteiger partial charge in [-0.15, -0.1) is 22.7 Å². The summed E-state index contributed by atoms with van der Waals surface area (Å²) in [4.78, 5) is 58.5. The van der Waals surface area contributed by atoms with Crippen molar-refractivity contribution < 1.29 is 24.3 Å². The van der Waals surface area contributed by atoms with E-state index < -0.39 is 48.4 Å². The molecule has 0 radical (unpaired) electrons. The Balaban J connectivity index is 1.56. The molecule has 0 bridgehead atoms. The molecule has 4 atom stereocenters. The summed E-state index contributed by atoms with van der Waals surface area (Å²) in [5.41, 5.74) is 5.50. The van der Waals surface area contributed by atoms with Gasteiger partial charge in [0.05, 0.1) is 19.1 Å². The Labute approximate surface area is 191 Å². The van der Waals surface area contributed by atoms with Crippen molar-refractivity contribution >= 4 is 46.6 Å². The molecule has 3 saturated heterocycles. The van der Waals surface area contributed by atoms with Gasteiger partial charge in [-0.2, -0.15) is 0 Å². The predicted molar refractivity (Wildman–Crippen MR) is 115 cm³/mol. The van der Waals surface area contributed by atoms with E-state index in [1.54, 1.807) is 0 Å². The van der Waals surface area contributed by atoms with Crippen LogP contribution in [-0.4, -0.2) is 73.1 Å². The van der Waals surface area contributed by atoms with Gasteiger partial charge in [-0.05, 0) is 35.7 Å². The Morgan fingerprint density at radius 3 is 2.25 bits per heavy atom. The van der Waals surface area contributed by atoms with Crippen LogP contribution in [0, 0.1) is 0 Å². The van der Waals surface area contributed by atoms with E-state index in [1.807, 2.05) is 35.0 Å². The predicted octanol–water partition coefficient (Wildman–Crippen LogP) is 1.17. The van der Waals surface area contributed by atoms with Gasteiger partial charge in [0.2, 0.25) is 12.1 Å². The third-order valence-electron chi connectivity index (χ3n) is 6.17. The zero-order chi connectivity index (χ0) is 22.6. The third-order valence-corrected chi connectivity index (χ3v) is 7.90. The highest BCUT2D eigenvalue weighted by atomic mass is 32.1. The van der Waals surface area contributed by atoms with Crippen molar-refractivity contribution in [3.63, 3.8) is 0 Å². The van der Waals surface area contributed by atoms with Gasteiger partial charge in [0.15, 0.2) is 0 Å². The summed E-state index contributed by atoms with van der Waals surface area (Å²) < 4.78 is 0. The van der Waals surface area contributed by atoms with Crippen LogP contribution in [0.5, 0.6) is 0 Å². The molecule has 168 valence electrons. The maximum atomic E-state index is 13.6. The molecular weight excluding hydrogens is 454 g/mol. The van der Waals surface area contributed by atoms with Crippen LogP contribution in [0.4, 0.5) is 9.59 Å². The first-order valence-electron chi connectivity index (χ1n) is 10.1. The monoisotopic (exact) mass is 475 g/mol. The van der Waals surface area contributed by atoms with E-state index in [4.69, 9.17) is 5.73 Å². The second-order valence-corrected chi connectivity index (χ2v) is 10.0. The van der Waals surface area contributed by atoms with Crippen LogP contribution >= 0.6 is 22.7 Å². The van der Waals surface area contributed by atoms with Crippen molar-refractivity contribution in [1.82, 2.24) is 19.6 Å². The van der Waals surface area contributed by atoms with E-state index in [0.29, 0.717) is 12.8 Å². The minimum atomic E-state index is -1.81. The normalized spacial score (nSPS) is 27.7. The Hall–Kier alpha value is -2.96. The number of nitrogens with zero attached hydrogens (tertiary/aromatic N) is 4. The minimum absolute atomic E-state index is 0.0404. The average molecular weight is 476 g/mol. The average Bonchev–Trinajstić information content (AvgIpc) is 3.52. The number of aliphatic hydroxyl groups excluding tert-OH is 1. The Morgan fingerprint density at radius 1 is 1.00 bits per heavy atom. The molecule has 10 nitrogen and oxygen atoms in total. The summed E-state index contributed by atoms with van der Waals surface area (Å²) in [6, 6.07) is 4.67. The molecule has 3 aliphatic heterocycles. The van der Waals surface area contributed by atoms with Gasteiger partial charge < -0.3 is 15.7 Å². The van der Waals surface area contributed by atoms with E-state index in [-0.39, 0.29) is 13.1 Å². The van der Waals surface area contributed by atoms with Gasteiger partial charge in [-0.25, -0.2) is 14.5 Å². The largest absolute Gasteiger partial charge is 0.368 e. The van der Waals surface area contributed by atoms with Gasteiger partial charge in [-0.1, -0.05) is 12.1 Å². The topological polar surface area (TPSA) is 127 Å². The molecule has 5 rings (SSSR count). The smallest absolute Gasteiger partial charge is 0.332 e. The van der Waals surface area contributed by atoms with Crippen LogP contribution in [0.3, 0.4) is 0 Å². The quantitative estimate of drug-likeness (QED) is 0.671. The zero-order valence-electron chi connectivity index (χ0n) is 16.9. The van der Waals surface area contributed by atoms with E-state index in [0.717, 1.165) is 19.6 Å². The minimum Gasteiger partial charge on any atom is -0.368 e. The molecule has 32 heavy (non-hydrogen) atoms.